The Morgan fingerprint density at radius 1 is 1.34 bits per heavy atom. The quantitative estimate of drug-likeness (QED) is 0.389. The largest absolute Gasteiger partial charge is 0.464 e. The van der Waals surface area contributed by atoms with Crippen molar-refractivity contribution in [3.8, 4) is 11.8 Å². The van der Waals surface area contributed by atoms with Crippen molar-refractivity contribution in [2.75, 3.05) is 12.8 Å². The van der Waals surface area contributed by atoms with E-state index in [0.717, 1.165) is 25.7 Å². The van der Waals surface area contributed by atoms with E-state index >= 15 is 0 Å². The number of aromatic nitrogens is 3. The molecule has 29 heavy (non-hydrogen) atoms. The molecule has 1 aromatic carbocycles. The van der Waals surface area contributed by atoms with Gasteiger partial charge in [-0.05, 0) is 30.0 Å². The maximum Gasteiger partial charge on any atom is 0.357 e. The molecule has 0 saturated heterocycles. The topological polar surface area (TPSA) is 107 Å². The van der Waals surface area contributed by atoms with Crippen LogP contribution >= 0.6 is 23.1 Å². The molecule has 2 N–H and O–H groups in total. The Bertz CT molecular complexity index is 1290. The van der Waals surface area contributed by atoms with Crippen molar-refractivity contribution in [3.05, 3.63) is 59.0 Å². The lowest BCUT2D eigenvalue weighted by Gasteiger charge is -2.13. The van der Waals surface area contributed by atoms with E-state index in [0.29, 0.717) is 5.69 Å². The number of carbonyl (C=O) groups excluding carboxylic acids is 1. The maximum absolute atomic E-state index is 12.4. The number of methoxy groups -OCH3 is 1. The minimum atomic E-state index is -0.609. The Morgan fingerprint density at radius 3 is 2.90 bits per heavy atom. The van der Waals surface area contributed by atoms with Crippen molar-refractivity contribution < 1.29 is 9.53 Å². The molecule has 0 fully saturated rings. The summed E-state index contributed by atoms with van der Waals surface area (Å²) in [6, 6.07) is 9.57. The SMILES string of the molecule is COC(=O)c1c(N)c(C#N)cn1-c1ccccc1Sc1ncnc2scc(C)c12. The molecule has 4 rings (SSSR count). The number of esters is 1. The second-order valence-electron chi connectivity index (χ2n) is 6.13. The Kier molecular flexibility index (Phi) is 4.96. The van der Waals surface area contributed by atoms with Gasteiger partial charge in [-0.15, -0.1) is 11.3 Å². The monoisotopic (exact) mass is 421 g/mol. The van der Waals surface area contributed by atoms with Crippen LogP contribution in [0.15, 0.2) is 52.1 Å². The minimum Gasteiger partial charge on any atom is -0.464 e. The highest BCUT2D eigenvalue weighted by Crippen LogP contribution is 2.38. The number of nitrogens with zero attached hydrogens (tertiary/aromatic N) is 4. The summed E-state index contributed by atoms with van der Waals surface area (Å²) in [5.74, 6) is -0.609. The number of anilines is 1. The summed E-state index contributed by atoms with van der Waals surface area (Å²) in [6.45, 7) is 2.03. The molecule has 3 heterocycles. The van der Waals surface area contributed by atoms with Crippen molar-refractivity contribution >= 4 is 45.0 Å². The van der Waals surface area contributed by atoms with Crippen LogP contribution in [0.3, 0.4) is 0 Å². The molecule has 3 aromatic heterocycles. The zero-order valence-corrected chi connectivity index (χ0v) is 17.2. The average Bonchev–Trinajstić information content (AvgIpc) is 3.28. The minimum absolute atomic E-state index is 0.0947. The Morgan fingerprint density at radius 2 is 2.14 bits per heavy atom. The lowest BCUT2D eigenvalue weighted by molar-refractivity contribution is 0.0593. The third-order valence-corrected chi connectivity index (χ3v) is 6.47. The van der Waals surface area contributed by atoms with Gasteiger partial charge in [0.15, 0.2) is 5.69 Å². The first kappa shape index (κ1) is 19.0. The number of nitrogen functional groups attached to an aromatic ring is 1. The highest BCUT2D eigenvalue weighted by Gasteiger charge is 2.23. The molecular weight excluding hydrogens is 406 g/mol. The number of para-hydroxylation sites is 1. The van der Waals surface area contributed by atoms with Crippen molar-refractivity contribution in [1.29, 1.82) is 5.26 Å². The molecule has 0 spiro atoms. The van der Waals surface area contributed by atoms with Crippen LogP contribution in [-0.4, -0.2) is 27.6 Å². The molecule has 0 bridgehead atoms. The Balaban J connectivity index is 1.88. The summed E-state index contributed by atoms with van der Waals surface area (Å²) >= 11 is 3.04. The van der Waals surface area contributed by atoms with Crippen LogP contribution in [0, 0.1) is 18.3 Å². The summed E-state index contributed by atoms with van der Waals surface area (Å²) in [5, 5.41) is 13.3. The van der Waals surface area contributed by atoms with Crippen molar-refractivity contribution in [2.45, 2.75) is 16.8 Å². The van der Waals surface area contributed by atoms with Gasteiger partial charge >= 0.3 is 5.97 Å². The summed E-state index contributed by atoms with van der Waals surface area (Å²) in [7, 11) is 1.28. The van der Waals surface area contributed by atoms with E-state index in [2.05, 4.69) is 15.3 Å². The first-order chi connectivity index (χ1) is 14.0. The van der Waals surface area contributed by atoms with E-state index in [9.17, 15) is 10.1 Å². The van der Waals surface area contributed by atoms with Crippen LogP contribution in [-0.2, 0) is 4.74 Å². The van der Waals surface area contributed by atoms with Crippen LogP contribution in [0.2, 0.25) is 0 Å². The van der Waals surface area contributed by atoms with Crippen LogP contribution in [0.25, 0.3) is 15.9 Å². The van der Waals surface area contributed by atoms with Crippen LogP contribution in [0.5, 0.6) is 0 Å². The summed E-state index contributed by atoms with van der Waals surface area (Å²) in [5.41, 5.74) is 8.28. The fourth-order valence-electron chi connectivity index (χ4n) is 3.01. The number of fused-ring (bicyclic) bond motifs is 1. The predicted octanol–water partition coefficient (Wildman–Crippen LogP) is 4.18. The lowest BCUT2D eigenvalue weighted by atomic mass is 10.2. The number of rotatable bonds is 4. The molecule has 0 atom stereocenters. The number of benzene rings is 1. The number of nitrogens with two attached hydrogens (primary N) is 1. The van der Waals surface area contributed by atoms with Gasteiger partial charge in [-0.25, -0.2) is 14.8 Å². The van der Waals surface area contributed by atoms with Crippen molar-refractivity contribution in [3.63, 3.8) is 0 Å². The van der Waals surface area contributed by atoms with Crippen LogP contribution in [0.1, 0.15) is 21.6 Å². The number of nitriles is 1. The van der Waals surface area contributed by atoms with Crippen molar-refractivity contribution in [1.82, 2.24) is 14.5 Å². The first-order valence-electron chi connectivity index (χ1n) is 8.50. The number of ether oxygens (including phenoxy) is 1. The smallest absolute Gasteiger partial charge is 0.357 e. The van der Waals surface area contributed by atoms with Gasteiger partial charge in [-0.1, -0.05) is 23.9 Å². The fourth-order valence-corrected chi connectivity index (χ4v) is 5.05. The molecule has 0 aliphatic carbocycles. The summed E-state index contributed by atoms with van der Waals surface area (Å²) in [6.07, 6.45) is 3.09. The molecule has 9 heteroatoms. The molecule has 0 unspecified atom stereocenters. The summed E-state index contributed by atoms with van der Waals surface area (Å²) < 4.78 is 6.48. The van der Waals surface area contributed by atoms with Gasteiger partial charge in [0.1, 0.15) is 22.3 Å². The van der Waals surface area contributed by atoms with Gasteiger partial charge < -0.3 is 15.0 Å². The molecule has 0 radical (unpaired) electrons. The lowest BCUT2D eigenvalue weighted by Crippen LogP contribution is -2.11. The van der Waals surface area contributed by atoms with E-state index in [-0.39, 0.29) is 16.9 Å². The van der Waals surface area contributed by atoms with Crippen LogP contribution < -0.4 is 5.73 Å². The molecule has 0 aliphatic rings. The van der Waals surface area contributed by atoms with E-state index in [1.807, 2.05) is 37.3 Å². The van der Waals surface area contributed by atoms with E-state index in [4.69, 9.17) is 10.5 Å². The first-order valence-corrected chi connectivity index (χ1v) is 10.2. The molecular formula is C20H15N5O2S2. The van der Waals surface area contributed by atoms with Crippen LogP contribution in [0.4, 0.5) is 5.69 Å². The molecule has 4 aromatic rings. The van der Waals surface area contributed by atoms with Gasteiger partial charge in [0.2, 0.25) is 0 Å². The summed E-state index contributed by atoms with van der Waals surface area (Å²) in [4.78, 5) is 22.9. The molecule has 7 nitrogen and oxygen atoms in total. The van der Waals surface area contributed by atoms with Gasteiger partial charge in [0.05, 0.1) is 24.0 Å². The van der Waals surface area contributed by atoms with Gasteiger partial charge in [-0.3, -0.25) is 0 Å². The van der Waals surface area contributed by atoms with Gasteiger partial charge in [-0.2, -0.15) is 5.26 Å². The number of hydrogen-bond acceptors (Lipinski definition) is 8. The van der Waals surface area contributed by atoms with Gasteiger partial charge in [0.25, 0.3) is 0 Å². The zero-order valence-electron chi connectivity index (χ0n) is 15.5. The second-order valence-corrected chi connectivity index (χ2v) is 8.01. The number of thiophene rings is 1. The Hall–Kier alpha value is -3.35. The van der Waals surface area contributed by atoms with Crippen molar-refractivity contribution in [2.24, 2.45) is 0 Å². The predicted molar refractivity (Wildman–Crippen MR) is 113 cm³/mol. The average molecular weight is 422 g/mol. The molecule has 0 amide bonds. The number of carbonyl (C=O) groups is 1. The molecule has 0 saturated carbocycles. The Labute approximate surface area is 174 Å². The highest BCUT2D eigenvalue weighted by atomic mass is 32.2. The van der Waals surface area contributed by atoms with Gasteiger partial charge in [0, 0.05) is 16.5 Å². The number of aryl methyl sites for hydroxylation is 1. The van der Waals surface area contributed by atoms with E-state index in [1.165, 1.54) is 18.9 Å². The zero-order chi connectivity index (χ0) is 20.5. The molecule has 144 valence electrons. The normalized spacial score (nSPS) is 10.8. The highest BCUT2D eigenvalue weighted by molar-refractivity contribution is 7.99. The van der Waals surface area contributed by atoms with E-state index < -0.39 is 5.97 Å². The maximum atomic E-state index is 12.4. The standard InChI is InChI=1S/C20H15N5O2S2/c1-11-9-28-18-15(11)19(24-10-23-18)29-14-6-4-3-5-13(14)25-8-12(7-21)16(22)17(25)20(26)27-2/h3-6,8-10H,22H2,1-2H3. The second kappa shape index (κ2) is 7.58. The third kappa shape index (κ3) is 3.22. The number of hydrogen-bond donors (Lipinski definition) is 1. The third-order valence-electron chi connectivity index (χ3n) is 4.39. The fraction of sp³-hybridized carbons (Fsp3) is 0.100. The molecule has 0 aliphatic heterocycles. The van der Waals surface area contributed by atoms with E-state index in [1.54, 1.807) is 28.4 Å².